The van der Waals surface area contributed by atoms with Gasteiger partial charge in [-0.15, -0.1) is 19.8 Å². The van der Waals surface area contributed by atoms with E-state index in [0.717, 1.165) is 12.1 Å². The molecule has 0 aromatic heterocycles. The lowest BCUT2D eigenvalue weighted by atomic mass is 10.1. The molecule has 2 N–H and O–H groups in total. The van der Waals surface area contributed by atoms with Gasteiger partial charge in [-0.05, 0) is 12.1 Å². The van der Waals surface area contributed by atoms with Crippen molar-refractivity contribution >= 4 is 17.3 Å². The van der Waals surface area contributed by atoms with Crippen molar-refractivity contribution in [2.45, 2.75) is 12.8 Å². The van der Waals surface area contributed by atoms with Gasteiger partial charge in [-0.25, -0.2) is 0 Å². The summed E-state index contributed by atoms with van der Waals surface area (Å²) in [5, 5.41) is 0. The Bertz CT molecular complexity index is 543. The number of ether oxygens (including phenoxy) is 1. The van der Waals surface area contributed by atoms with E-state index in [2.05, 4.69) is 11.3 Å². The summed E-state index contributed by atoms with van der Waals surface area (Å²) >= 11 is 0. The van der Waals surface area contributed by atoms with Crippen LogP contribution in [0.3, 0.4) is 0 Å². The summed E-state index contributed by atoms with van der Waals surface area (Å²) in [7, 11) is 0. The van der Waals surface area contributed by atoms with Crippen LogP contribution in [0.2, 0.25) is 0 Å². The molecule has 1 saturated heterocycles. The summed E-state index contributed by atoms with van der Waals surface area (Å²) in [5.41, 5.74) is 6.15. The number of hydrogen-bond donors (Lipinski definition) is 1. The Balaban J connectivity index is 2.22. The number of amides is 1. The average Bonchev–Trinajstić information content (AvgIpc) is 2.69. The van der Waals surface area contributed by atoms with Crippen molar-refractivity contribution in [1.82, 2.24) is 0 Å². The number of alkyl halides is 3. The Morgan fingerprint density at radius 1 is 1.45 bits per heavy atom. The molecule has 0 radical (unpaired) electrons. The minimum atomic E-state index is -4.77. The molecule has 1 heterocycles. The van der Waals surface area contributed by atoms with E-state index >= 15 is 0 Å². The maximum atomic E-state index is 12.1. The number of nitrogen functional groups attached to an aromatic ring is 1. The molecule has 0 spiro atoms. The molecule has 0 saturated carbocycles. The maximum absolute atomic E-state index is 12.1. The molecule has 108 valence electrons. The first-order chi connectivity index (χ1) is 9.30. The molecule has 4 nitrogen and oxygen atoms in total. The molecule has 1 fully saturated rings. The van der Waals surface area contributed by atoms with Gasteiger partial charge in [-0.3, -0.25) is 4.79 Å². The van der Waals surface area contributed by atoms with E-state index in [9.17, 15) is 18.0 Å². The van der Waals surface area contributed by atoms with Crippen LogP contribution in [0.5, 0.6) is 5.75 Å². The van der Waals surface area contributed by atoms with Crippen molar-refractivity contribution in [3.05, 3.63) is 30.9 Å². The van der Waals surface area contributed by atoms with Crippen molar-refractivity contribution in [2.75, 3.05) is 17.2 Å². The standard InChI is InChI=1S/C13H13F3N2O2/c1-2-8-5-12(19)18(7-8)11-4-3-9(6-10(11)17)20-13(14,15)16/h2-4,6,8H,1,5,7,17H2. The molecule has 7 heteroatoms. The van der Waals surface area contributed by atoms with Crippen molar-refractivity contribution < 1.29 is 22.7 Å². The van der Waals surface area contributed by atoms with Crippen LogP contribution in [-0.2, 0) is 4.79 Å². The lowest BCUT2D eigenvalue weighted by Crippen LogP contribution is -2.25. The maximum Gasteiger partial charge on any atom is 0.573 e. The second kappa shape index (κ2) is 5.07. The van der Waals surface area contributed by atoms with E-state index < -0.39 is 12.1 Å². The largest absolute Gasteiger partial charge is 0.573 e. The zero-order chi connectivity index (χ0) is 14.9. The molecular weight excluding hydrogens is 273 g/mol. The van der Waals surface area contributed by atoms with E-state index in [1.165, 1.54) is 11.0 Å². The fourth-order valence-electron chi connectivity index (χ4n) is 2.10. The van der Waals surface area contributed by atoms with Crippen LogP contribution in [0, 0.1) is 5.92 Å². The number of anilines is 2. The quantitative estimate of drug-likeness (QED) is 0.686. The minimum Gasteiger partial charge on any atom is -0.406 e. The van der Waals surface area contributed by atoms with Crippen LogP contribution in [0.15, 0.2) is 30.9 Å². The summed E-state index contributed by atoms with van der Waals surface area (Å²) in [5.74, 6) is -0.523. The third-order valence-electron chi connectivity index (χ3n) is 3.01. The second-order valence-electron chi connectivity index (χ2n) is 4.47. The van der Waals surface area contributed by atoms with Gasteiger partial charge in [-0.2, -0.15) is 0 Å². The monoisotopic (exact) mass is 286 g/mol. The summed E-state index contributed by atoms with van der Waals surface area (Å²) in [6.45, 7) is 4.05. The first-order valence-corrected chi connectivity index (χ1v) is 5.88. The van der Waals surface area contributed by atoms with E-state index in [1.807, 2.05) is 0 Å². The van der Waals surface area contributed by atoms with Gasteiger partial charge in [0.05, 0.1) is 11.4 Å². The predicted molar refractivity (Wildman–Crippen MR) is 68.2 cm³/mol. The molecule has 0 aliphatic carbocycles. The lowest BCUT2D eigenvalue weighted by molar-refractivity contribution is -0.274. The van der Waals surface area contributed by atoms with Crippen molar-refractivity contribution in [1.29, 1.82) is 0 Å². The van der Waals surface area contributed by atoms with Gasteiger partial charge >= 0.3 is 6.36 Å². The Morgan fingerprint density at radius 2 is 2.15 bits per heavy atom. The topological polar surface area (TPSA) is 55.6 Å². The molecule has 1 aromatic rings. The molecule has 0 bridgehead atoms. The number of rotatable bonds is 3. The molecule has 1 amide bonds. The summed E-state index contributed by atoms with van der Waals surface area (Å²) < 4.78 is 40.1. The van der Waals surface area contributed by atoms with Crippen LogP contribution in [0.4, 0.5) is 24.5 Å². The minimum absolute atomic E-state index is 0.0213. The number of benzene rings is 1. The zero-order valence-electron chi connectivity index (χ0n) is 10.5. The van der Waals surface area contributed by atoms with Crippen molar-refractivity contribution in [3.63, 3.8) is 0 Å². The summed E-state index contributed by atoms with van der Waals surface area (Å²) in [6.07, 6.45) is -2.77. The lowest BCUT2D eigenvalue weighted by Gasteiger charge is -2.19. The zero-order valence-corrected chi connectivity index (χ0v) is 10.5. The van der Waals surface area contributed by atoms with Crippen LogP contribution >= 0.6 is 0 Å². The molecule has 1 aliphatic heterocycles. The summed E-state index contributed by atoms with van der Waals surface area (Å²) in [6, 6.07) is 3.53. The third-order valence-corrected chi connectivity index (χ3v) is 3.01. The van der Waals surface area contributed by atoms with Crippen molar-refractivity contribution in [3.8, 4) is 5.75 Å². The first-order valence-electron chi connectivity index (χ1n) is 5.88. The van der Waals surface area contributed by atoms with Gasteiger partial charge in [0, 0.05) is 24.9 Å². The highest BCUT2D eigenvalue weighted by atomic mass is 19.4. The molecular formula is C13H13F3N2O2. The number of carbonyl (C=O) groups excluding carboxylic acids is 1. The normalized spacial score (nSPS) is 19.2. The highest BCUT2D eigenvalue weighted by molar-refractivity contribution is 5.98. The smallest absolute Gasteiger partial charge is 0.406 e. The second-order valence-corrected chi connectivity index (χ2v) is 4.47. The van der Waals surface area contributed by atoms with Crippen molar-refractivity contribution in [2.24, 2.45) is 5.92 Å². The summed E-state index contributed by atoms with van der Waals surface area (Å²) in [4.78, 5) is 13.3. The van der Waals surface area contributed by atoms with Crippen LogP contribution in [0.1, 0.15) is 6.42 Å². The number of halogens is 3. The van der Waals surface area contributed by atoms with E-state index in [-0.39, 0.29) is 17.5 Å². The van der Waals surface area contributed by atoms with Gasteiger partial charge in [0.1, 0.15) is 5.75 Å². The van der Waals surface area contributed by atoms with E-state index in [1.54, 1.807) is 6.08 Å². The van der Waals surface area contributed by atoms with Gasteiger partial charge in [0.25, 0.3) is 0 Å². The van der Waals surface area contributed by atoms with Gasteiger partial charge in [0.2, 0.25) is 5.91 Å². The van der Waals surface area contributed by atoms with Crippen LogP contribution in [0.25, 0.3) is 0 Å². The van der Waals surface area contributed by atoms with Crippen LogP contribution in [-0.4, -0.2) is 18.8 Å². The molecule has 1 aliphatic rings. The van der Waals surface area contributed by atoms with E-state index in [4.69, 9.17) is 5.73 Å². The predicted octanol–water partition coefficient (Wildman–Crippen LogP) is 2.71. The molecule has 2 rings (SSSR count). The fourth-order valence-corrected chi connectivity index (χ4v) is 2.10. The fraction of sp³-hybridized carbons (Fsp3) is 0.308. The molecule has 1 aromatic carbocycles. The first kappa shape index (κ1) is 14.2. The number of hydrogen-bond acceptors (Lipinski definition) is 3. The third kappa shape index (κ3) is 3.04. The average molecular weight is 286 g/mol. The van der Waals surface area contributed by atoms with Gasteiger partial charge in [0.15, 0.2) is 0 Å². The Hall–Kier alpha value is -2.18. The SMILES string of the molecule is C=CC1CC(=O)N(c2ccc(OC(F)(F)F)cc2N)C1. The highest BCUT2D eigenvalue weighted by Gasteiger charge is 2.32. The molecule has 20 heavy (non-hydrogen) atoms. The number of nitrogens with two attached hydrogens (primary N) is 1. The Morgan fingerprint density at radius 3 is 2.65 bits per heavy atom. The van der Waals surface area contributed by atoms with Crippen LogP contribution < -0.4 is 15.4 Å². The van der Waals surface area contributed by atoms with Gasteiger partial charge < -0.3 is 15.4 Å². The Labute approximate surface area is 113 Å². The molecule has 1 atom stereocenters. The van der Waals surface area contributed by atoms with E-state index in [0.29, 0.717) is 18.7 Å². The number of nitrogens with zero attached hydrogens (tertiary/aromatic N) is 1. The number of carbonyl (C=O) groups is 1. The molecule has 1 unspecified atom stereocenters. The van der Waals surface area contributed by atoms with Gasteiger partial charge in [-0.1, -0.05) is 6.08 Å². The highest BCUT2D eigenvalue weighted by Crippen LogP contribution is 2.34. The Kier molecular flexibility index (Phi) is 3.61.